The number of fused-ring (bicyclic) bond motifs is 1. The van der Waals surface area contributed by atoms with Gasteiger partial charge in [-0.15, -0.1) is 0 Å². The lowest BCUT2D eigenvalue weighted by Crippen LogP contribution is -2.28. The molecule has 1 saturated heterocycles. The number of pyridine rings is 1. The Hall–Kier alpha value is -3.51. The van der Waals surface area contributed by atoms with Crippen LogP contribution in [0.25, 0.3) is 16.6 Å². The molecule has 9 nitrogen and oxygen atoms in total. The summed E-state index contributed by atoms with van der Waals surface area (Å²) in [4.78, 5) is 39.3. The van der Waals surface area contributed by atoms with Gasteiger partial charge in [0.15, 0.2) is 0 Å². The van der Waals surface area contributed by atoms with Crippen molar-refractivity contribution in [2.75, 3.05) is 30.3 Å². The van der Waals surface area contributed by atoms with Gasteiger partial charge >= 0.3 is 11.9 Å². The fourth-order valence-electron chi connectivity index (χ4n) is 4.37. The Kier molecular flexibility index (Phi) is 7.51. The predicted octanol–water partition coefficient (Wildman–Crippen LogP) is 3.39. The molecule has 1 fully saturated rings. The first-order chi connectivity index (χ1) is 17.5. The molecule has 0 aliphatic carbocycles. The van der Waals surface area contributed by atoms with Gasteiger partial charge in [0.1, 0.15) is 23.8 Å². The van der Waals surface area contributed by atoms with Gasteiger partial charge in [-0.3, -0.25) is 9.59 Å². The number of aromatic nitrogens is 1. The first-order valence-corrected chi connectivity index (χ1v) is 12.3. The first-order valence-electron chi connectivity index (χ1n) is 11.5. The van der Waals surface area contributed by atoms with Gasteiger partial charge in [0.25, 0.3) is 0 Å². The Bertz CT molecular complexity index is 1480. The molecule has 1 aliphatic heterocycles. The van der Waals surface area contributed by atoms with Crippen LogP contribution in [0.15, 0.2) is 33.7 Å². The van der Waals surface area contributed by atoms with E-state index in [0.717, 1.165) is 12.1 Å². The Labute approximate surface area is 219 Å². The molecule has 1 atom stereocenters. The van der Waals surface area contributed by atoms with Crippen LogP contribution < -0.4 is 21.8 Å². The maximum absolute atomic E-state index is 15.5. The quantitative estimate of drug-likeness (QED) is 0.336. The van der Waals surface area contributed by atoms with Crippen molar-refractivity contribution in [2.45, 2.75) is 32.9 Å². The standard InChI is InChI=1S/C25H25BrF2N4O5/c1-3-36-25(35)16-10-32(20-8-19(30)17(27)6-13(20)11-37-12(2)33)22-15(24(16)34)7-18(28)23(21(22)26)31-5-4-14(29)9-31/h6-8,10,14H,3-5,9,11,29-30H2,1-2H3. The summed E-state index contributed by atoms with van der Waals surface area (Å²) >= 11 is 3.47. The van der Waals surface area contributed by atoms with Crippen LogP contribution in [0, 0.1) is 11.6 Å². The van der Waals surface area contributed by atoms with Gasteiger partial charge in [0, 0.05) is 37.8 Å². The number of carbonyl (C=O) groups is 2. The lowest BCUT2D eigenvalue weighted by atomic mass is 10.1. The molecule has 0 bridgehead atoms. The van der Waals surface area contributed by atoms with Crippen molar-refractivity contribution in [3.63, 3.8) is 0 Å². The first kappa shape index (κ1) is 26.6. The van der Waals surface area contributed by atoms with Gasteiger partial charge in [0.05, 0.1) is 39.0 Å². The summed E-state index contributed by atoms with van der Waals surface area (Å²) in [6.45, 7) is 3.36. The number of benzene rings is 2. The number of ether oxygens (including phenoxy) is 2. The third-order valence-corrected chi connectivity index (χ3v) is 6.83. The highest BCUT2D eigenvalue weighted by atomic mass is 79.9. The molecule has 1 unspecified atom stereocenters. The zero-order valence-electron chi connectivity index (χ0n) is 20.1. The minimum Gasteiger partial charge on any atom is -0.462 e. The molecule has 0 radical (unpaired) electrons. The van der Waals surface area contributed by atoms with E-state index in [0.29, 0.717) is 19.5 Å². The van der Waals surface area contributed by atoms with Gasteiger partial charge in [-0.2, -0.15) is 0 Å². The van der Waals surface area contributed by atoms with Crippen molar-refractivity contribution in [1.82, 2.24) is 4.57 Å². The number of nitrogens with two attached hydrogens (primary N) is 2. The van der Waals surface area contributed by atoms with Crippen LogP contribution in [0.2, 0.25) is 0 Å². The zero-order chi connectivity index (χ0) is 27.0. The smallest absolute Gasteiger partial charge is 0.343 e. The number of carbonyl (C=O) groups excluding carboxylic acids is 2. The molecule has 1 aliphatic rings. The Balaban J connectivity index is 2.10. The van der Waals surface area contributed by atoms with Gasteiger partial charge < -0.3 is 30.4 Å². The van der Waals surface area contributed by atoms with Crippen LogP contribution in [-0.2, 0) is 20.9 Å². The lowest BCUT2D eigenvalue weighted by molar-refractivity contribution is -0.142. The number of nitrogens with zero attached hydrogens (tertiary/aromatic N) is 2. The van der Waals surface area contributed by atoms with Crippen LogP contribution in [0.4, 0.5) is 20.2 Å². The second kappa shape index (κ2) is 10.5. The minimum absolute atomic E-state index is 0.00369. The van der Waals surface area contributed by atoms with Crippen LogP contribution >= 0.6 is 15.9 Å². The predicted molar refractivity (Wildman–Crippen MR) is 138 cm³/mol. The largest absolute Gasteiger partial charge is 0.462 e. The molecule has 4 N–H and O–H groups in total. The Morgan fingerprint density at radius 1 is 1.19 bits per heavy atom. The average Bonchev–Trinajstić information content (AvgIpc) is 3.26. The summed E-state index contributed by atoms with van der Waals surface area (Å²) in [6, 6.07) is 3.29. The van der Waals surface area contributed by atoms with Crippen LogP contribution in [0.3, 0.4) is 0 Å². The highest BCUT2D eigenvalue weighted by molar-refractivity contribution is 9.10. The highest BCUT2D eigenvalue weighted by Gasteiger charge is 2.28. The molecule has 196 valence electrons. The number of halogens is 3. The molecular weight excluding hydrogens is 554 g/mol. The Morgan fingerprint density at radius 3 is 2.54 bits per heavy atom. The summed E-state index contributed by atoms with van der Waals surface area (Å²) in [5, 5.41) is -0.122. The molecule has 1 aromatic heterocycles. The third kappa shape index (κ3) is 5.03. The molecule has 0 saturated carbocycles. The van der Waals surface area contributed by atoms with Crippen LogP contribution in [0.1, 0.15) is 36.2 Å². The fourth-order valence-corrected chi connectivity index (χ4v) is 5.21. The van der Waals surface area contributed by atoms with Crippen LogP contribution in [0.5, 0.6) is 0 Å². The summed E-state index contributed by atoms with van der Waals surface area (Å²) in [7, 11) is 0. The highest BCUT2D eigenvalue weighted by Crippen LogP contribution is 2.39. The second-order valence-electron chi connectivity index (χ2n) is 8.66. The van der Waals surface area contributed by atoms with Gasteiger partial charge in [-0.05, 0) is 47.5 Å². The summed E-state index contributed by atoms with van der Waals surface area (Å²) in [5.74, 6) is -2.95. The number of rotatable bonds is 6. The number of nitrogen functional groups attached to an aromatic ring is 1. The van der Waals surface area contributed by atoms with E-state index in [9.17, 15) is 18.8 Å². The average molecular weight is 579 g/mol. The van der Waals surface area contributed by atoms with Crippen LogP contribution in [-0.4, -0.2) is 42.2 Å². The fraction of sp³-hybridized carbons (Fsp3) is 0.320. The van der Waals surface area contributed by atoms with E-state index in [1.807, 2.05) is 0 Å². The molecule has 37 heavy (non-hydrogen) atoms. The van der Waals surface area contributed by atoms with E-state index in [1.165, 1.54) is 23.8 Å². The summed E-state index contributed by atoms with van der Waals surface area (Å²) in [6.07, 6.45) is 1.88. The summed E-state index contributed by atoms with van der Waals surface area (Å²) < 4.78 is 41.7. The maximum Gasteiger partial charge on any atom is 0.343 e. The number of hydrogen-bond donors (Lipinski definition) is 2. The zero-order valence-corrected chi connectivity index (χ0v) is 21.7. The van der Waals surface area contributed by atoms with Crippen molar-refractivity contribution in [2.24, 2.45) is 5.73 Å². The molecule has 0 spiro atoms. The molecule has 12 heteroatoms. The maximum atomic E-state index is 15.5. The normalized spacial score (nSPS) is 15.3. The van der Waals surface area contributed by atoms with Crippen molar-refractivity contribution >= 4 is 50.1 Å². The van der Waals surface area contributed by atoms with Crippen molar-refractivity contribution in [3.05, 3.63) is 61.9 Å². The molecule has 0 amide bonds. The van der Waals surface area contributed by atoms with Crippen molar-refractivity contribution < 1.29 is 27.8 Å². The van der Waals surface area contributed by atoms with Gasteiger partial charge in [0.2, 0.25) is 5.43 Å². The molecule has 2 heterocycles. The number of esters is 2. The monoisotopic (exact) mass is 578 g/mol. The van der Waals surface area contributed by atoms with E-state index in [1.54, 1.807) is 11.8 Å². The molecule has 4 rings (SSSR count). The Morgan fingerprint density at radius 2 is 1.92 bits per heavy atom. The van der Waals surface area contributed by atoms with Gasteiger partial charge in [-0.1, -0.05) is 0 Å². The minimum atomic E-state index is -0.911. The van der Waals surface area contributed by atoms with E-state index in [-0.39, 0.29) is 62.8 Å². The molecule has 3 aromatic rings. The third-order valence-electron chi connectivity index (χ3n) is 6.08. The topological polar surface area (TPSA) is 130 Å². The molecule has 2 aromatic carbocycles. The SMILES string of the molecule is CCOC(=O)c1cn(-c2cc(N)c(F)cc2COC(C)=O)c2c(Br)c(N3CCC(N)C3)c(F)cc2c1=O. The van der Waals surface area contributed by atoms with Crippen molar-refractivity contribution in [1.29, 1.82) is 0 Å². The second-order valence-corrected chi connectivity index (χ2v) is 9.45. The summed E-state index contributed by atoms with van der Waals surface area (Å²) in [5.41, 5.74) is 11.4. The molecular formula is C25H25BrF2N4O5. The van der Waals surface area contributed by atoms with Crippen molar-refractivity contribution in [3.8, 4) is 5.69 Å². The lowest BCUT2D eigenvalue weighted by Gasteiger charge is -2.24. The van der Waals surface area contributed by atoms with Gasteiger partial charge in [-0.25, -0.2) is 13.6 Å². The van der Waals surface area contributed by atoms with E-state index in [4.69, 9.17) is 20.9 Å². The van der Waals surface area contributed by atoms with E-state index < -0.39 is 29.0 Å². The van der Waals surface area contributed by atoms with E-state index >= 15 is 4.39 Å². The number of anilines is 2. The van der Waals surface area contributed by atoms with E-state index in [2.05, 4.69) is 15.9 Å². The number of hydrogen-bond acceptors (Lipinski definition) is 8.